The molecule has 0 atom stereocenters. The van der Waals surface area contributed by atoms with E-state index in [1.54, 1.807) is 37.5 Å². The first-order valence-electron chi connectivity index (χ1n) is 10.1. The number of rotatable bonds is 4. The van der Waals surface area contributed by atoms with Gasteiger partial charge in [-0.2, -0.15) is 0 Å². The molecule has 160 valence electrons. The molecule has 0 radical (unpaired) electrons. The molecule has 0 saturated heterocycles. The molecule has 2 aromatic carbocycles. The van der Waals surface area contributed by atoms with E-state index < -0.39 is 0 Å². The molecule has 1 amide bonds. The Morgan fingerprint density at radius 3 is 2.58 bits per heavy atom. The number of ketones is 1. The Morgan fingerprint density at radius 1 is 1.16 bits per heavy atom. The van der Waals surface area contributed by atoms with Gasteiger partial charge in [0.2, 0.25) is 0 Å². The standard InChI is InChI=1S/C24H25N3O3S/c1-24(2)14-17-8-9-18(30-3)12-19(17)20(27-24)13-21(28)15-4-6-16(7-5-15)22(29)26-23-25-10-11-31-23/h4-9,12-13,27H,10-11,14H2,1-3H3,(H,25,26,29). The van der Waals surface area contributed by atoms with Gasteiger partial charge in [-0.3, -0.25) is 14.6 Å². The number of fused-ring (bicyclic) bond motifs is 1. The zero-order chi connectivity index (χ0) is 22.0. The highest BCUT2D eigenvalue weighted by Crippen LogP contribution is 2.32. The van der Waals surface area contributed by atoms with E-state index in [1.165, 1.54) is 17.3 Å². The van der Waals surface area contributed by atoms with Crippen molar-refractivity contribution < 1.29 is 14.3 Å². The molecule has 2 aliphatic heterocycles. The first-order chi connectivity index (χ1) is 14.8. The molecule has 0 fully saturated rings. The fourth-order valence-electron chi connectivity index (χ4n) is 3.73. The van der Waals surface area contributed by atoms with Crippen LogP contribution in [0, 0.1) is 0 Å². The fraction of sp³-hybridized carbons (Fsp3) is 0.292. The SMILES string of the molecule is COc1ccc2c(c1)C(=CC(=O)c1ccc(C(=O)NC3=NCCS3)cc1)NC(C)(C)C2. The zero-order valence-corrected chi connectivity index (χ0v) is 18.6. The van der Waals surface area contributed by atoms with Crippen molar-refractivity contribution in [1.82, 2.24) is 10.6 Å². The average Bonchev–Trinajstić information content (AvgIpc) is 3.26. The highest BCUT2D eigenvalue weighted by molar-refractivity contribution is 8.14. The van der Waals surface area contributed by atoms with Crippen LogP contribution in [0.15, 0.2) is 53.5 Å². The molecule has 0 bridgehead atoms. The summed E-state index contributed by atoms with van der Waals surface area (Å²) in [6.45, 7) is 4.94. The fourth-order valence-corrected chi connectivity index (χ4v) is 4.46. The van der Waals surface area contributed by atoms with Crippen molar-refractivity contribution >= 4 is 34.3 Å². The Hall–Kier alpha value is -3.06. The number of aliphatic imine (C=N–C) groups is 1. The Labute approximate surface area is 186 Å². The third-order valence-corrected chi connectivity index (χ3v) is 6.12. The van der Waals surface area contributed by atoms with E-state index in [4.69, 9.17) is 4.74 Å². The van der Waals surface area contributed by atoms with Gasteiger partial charge in [-0.1, -0.05) is 30.0 Å². The molecule has 6 nitrogen and oxygen atoms in total. The molecule has 0 saturated carbocycles. The maximum atomic E-state index is 13.0. The lowest BCUT2D eigenvalue weighted by atomic mass is 9.85. The normalized spacial score (nSPS) is 18.0. The summed E-state index contributed by atoms with van der Waals surface area (Å²) in [6.07, 6.45) is 2.48. The predicted molar refractivity (Wildman–Crippen MR) is 125 cm³/mol. The quantitative estimate of drug-likeness (QED) is 0.566. The first-order valence-corrected chi connectivity index (χ1v) is 11.1. The van der Waals surface area contributed by atoms with Gasteiger partial charge in [0.15, 0.2) is 11.0 Å². The minimum Gasteiger partial charge on any atom is -0.497 e. The monoisotopic (exact) mass is 435 g/mol. The molecule has 7 heteroatoms. The van der Waals surface area contributed by atoms with Crippen molar-refractivity contribution in [3.05, 3.63) is 70.8 Å². The van der Waals surface area contributed by atoms with Crippen molar-refractivity contribution in [2.75, 3.05) is 19.4 Å². The minimum absolute atomic E-state index is 0.128. The van der Waals surface area contributed by atoms with E-state index in [0.717, 1.165) is 35.7 Å². The van der Waals surface area contributed by atoms with Gasteiger partial charge in [0.1, 0.15) is 5.75 Å². The first kappa shape index (κ1) is 21.2. The second-order valence-corrected chi connectivity index (χ2v) is 9.28. The van der Waals surface area contributed by atoms with Gasteiger partial charge < -0.3 is 15.4 Å². The van der Waals surface area contributed by atoms with Crippen molar-refractivity contribution in [2.45, 2.75) is 25.8 Å². The third kappa shape index (κ3) is 4.82. The smallest absolute Gasteiger partial charge is 0.257 e. The molecule has 2 aliphatic rings. The van der Waals surface area contributed by atoms with E-state index in [9.17, 15) is 9.59 Å². The van der Waals surface area contributed by atoms with Crippen LogP contribution in [0.2, 0.25) is 0 Å². The summed E-state index contributed by atoms with van der Waals surface area (Å²) < 4.78 is 5.37. The number of thioether (sulfide) groups is 1. The minimum atomic E-state index is -0.220. The van der Waals surface area contributed by atoms with Crippen molar-refractivity contribution in [1.29, 1.82) is 0 Å². The number of hydrogen-bond acceptors (Lipinski definition) is 6. The van der Waals surface area contributed by atoms with E-state index in [1.807, 2.05) is 12.1 Å². The summed E-state index contributed by atoms with van der Waals surface area (Å²) in [5.74, 6) is 1.29. The molecule has 4 rings (SSSR count). The van der Waals surface area contributed by atoms with Crippen LogP contribution in [0.1, 0.15) is 45.7 Å². The molecule has 0 aromatic heterocycles. The van der Waals surface area contributed by atoms with Crippen LogP contribution in [0.5, 0.6) is 5.75 Å². The number of carbonyl (C=O) groups excluding carboxylic acids is 2. The van der Waals surface area contributed by atoms with Gasteiger partial charge in [-0.05, 0) is 50.1 Å². The lowest BCUT2D eigenvalue weighted by Gasteiger charge is -2.35. The number of allylic oxidation sites excluding steroid dienone is 1. The summed E-state index contributed by atoms with van der Waals surface area (Å²) in [5.41, 5.74) is 3.75. The maximum Gasteiger partial charge on any atom is 0.257 e. The summed E-state index contributed by atoms with van der Waals surface area (Å²) in [7, 11) is 1.63. The third-order valence-electron chi connectivity index (χ3n) is 5.23. The van der Waals surface area contributed by atoms with Crippen LogP contribution in [0.3, 0.4) is 0 Å². The molecule has 31 heavy (non-hydrogen) atoms. The second kappa shape index (κ2) is 8.59. The molecule has 0 aliphatic carbocycles. The number of carbonyl (C=O) groups is 2. The molecule has 2 heterocycles. The van der Waals surface area contributed by atoms with Crippen molar-refractivity contribution in [2.24, 2.45) is 4.99 Å². The van der Waals surface area contributed by atoms with Crippen LogP contribution in [0.25, 0.3) is 5.70 Å². The number of ether oxygens (including phenoxy) is 1. The molecule has 2 aromatic rings. The molecule has 2 N–H and O–H groups in total. The Balaban J connectivity index is 1.56. The molecular weight excluding hydrogens is 410 g/mol. The summed E-state index contributed by atoms with van der Waals surface area (Å²) >= 11 is 1.53. The number of methoxy groups -OCH3 is 1. The van der Waals surface area contributed by atoms with Crippen molar-refractivity contribution in [3.8, 4) is 5.75 Å². The van der Waals surface area contributed by atoms with Crippen LogP contribution < -0.4 is 15.4 Å². The van der Waals surface area contributed by atoms with Gasteiger partial charge in [0.25, 0.3) is 5.91 Å². The Kier molecular flexibility index (Phi) is 5.87. The zero-order valence-electron chi connectivity index (χ0n) is 17.8. The number of nitrogens with one attached hydrogen (secondary N) is 2. The van der Waals surface area contributed by atoms with Crippen LogP contribution in [0.4, 0.5) is 0 Å². The van der Waals surface area contributed by atoms with E-state index in [2.05, 4.69) is 35.5 Å². The molecule has 0 unspecified atom stereocenters. The van der Waals surface area contributed by atoms with Gasteiger partial charge >= 0.3 is 0 Å². The lowest BCUT2D eigenvalue weighted by Crippen LogP contribution is -2.43. The topological polar surface area (TPSA) is 79.8 Å². The Bertz CT molecular complexity index is 1090. The number of amidine groups is 1. The lowest BCUT2D eigenvalue weighted by molar-refractivity contribution is 0.0976. The average molecular weight is 436 g/mol. The number of nitrogens with zero attached hydrogens (tertiary/aromatic N) is 1. The molecule has 0 spiro atoms. The summed E-state index contributed by atoms with van der Waals surface area (Å²) in [6, 6.07) is 12.6. The van der Waals surface area contributed by atoms with E-state index in [0.29, 0.717) is 16.3 Å². The maximum absolute atomic E-state index is 13.0. The van der Waals surface area contributed by atoms with Crippen LogP contribution in [-0.4, -0.2) is 41.8 Å². The highest BCUT2D eigenvalue weighted by atomic mass is 32.2. The number of hydrogen-bond donors (Lipinski definition) is 2. The van der Waals surface area contributed by atoms with E-state index >= 15 is 0 Å². The molecular formula is C24H25N3O3S. The summed E-state index contributed by atoms with van der Waals surface area (Å²) in [5, 5.41) is 6.92. The van der Waals surface area contributed by atoms with E-state index in [-0.39, 0.29) is 17.2 Å². The number of benzene rings is 2. The second-order valence-electron chi connectivity index (χ2n) is 8.20. The predicted octanol–water partition coefficient (Wildman–Crippen LogP) is 3.68. The van der Waals surface area contributed by atoms with Crippen molar-refractivity contribution in [3.63, 3.8) is 0 Å². The van der Waals surface area contributed by atoms with Crippen LogP contribution >= 0.6 is 11.8 Å². The summed E-state index contributed by atoms with van der Waals surface area (Å²) in [4.78, 5) is 29.5. The van der Waals surface area contributed by atoms with Gasteiger partial charge in [-0.15, -0.1) is 0 Å². The van der Waals surface area contributed by atoms with Gasteiger partial charge in [0.05, 0.1) is 13.7 Å². The number of amides is 1. The Morgan fingerprint density at radius 2 is 1.90 bits per heavy atom. The highest BCUT2D eigenvalue weighted by Gasteiger charge is 2.28. The van der Waals surface area contributed by atoms with Gasteiger partial charge in [-0.25, -0.2) is 0 Å². The largest absolute Gasteiger partial charge is 0.497 e. The van der Waals surface area contributed by atoms with Crippen LogP contribution in [-0.2, 0) is 6.42 Å². The van der Waals surface area contributed by atoms with Gasteiger partial charge in [0, 0.05) is 39.8 Å².